The Morgan fingerprint density at radius 3 is 2.15 bits per heavy atom. The van der Waals surface area contributed by atoms with E-state index >= 15 is 0 Å². The van der Waals surface area contributed by atoms with Gasteiger partial charge in [-0.1, -0.05) is 106 Å². The highest BCUT2D eigenvalue weighted by Gasteiger charge is 2.46. The number of anilines is 1. The number of nitrogens with zero attached hydrogens (tertiary/aromatic N) is 4. The Balaban J connectivity index is 1.18. The molecule has 0 saturated carbocycles. The van der Waals surface area contributed by atoms with Crippen molar-refractivity contribution in [3.8, 4) is 11.1 Å². The van der Waals surface area contributed by atoms with Crippen LogP contribution in [0.2, 0.25) is 16.6 Å². The number of rotatable bonds is 21. The first-order chi connectivity index (χ1) is 31.7. The quantitative estimate of drug-likeness (QED) is 0.0317. The van der Waals surface area contributed by atoms with Crippen LogP contribution >= 0.6 is 15.9 Å². The van der Waals surface area contributed by atoms with Gasteiger partial charge in [-0.2, -0.15) is 4.98 Å². The van der Waals surface area contributed by atoms with E-state index < -0.39 is 57.5 Å². The van der Waals surface area contributed by atoms with E-state index in [4.69, 9.17) is 33.3 Å². The third kappa shape index (κ3) is 11.5. The highest BCUT2D eigenvalue weighted by molar-refractivity contribution is 9.10. The van der Waals surface area contributed by atoms with Crippen LogP contribution in [0.5, 0.6) is 0 Å². The standard InChI is InChI=1S/C49H64BrN5O10Si/c1-31(2)66(32(3)4,33(5)6)64-30-63-43-26-36(27-56)65-46(43)54-25-23-44(55(29-57)45(58)34-19-21-35(50)22-20-34)53-48(54)51-24-13-12-18-42(47(59)61-7)52-49(60)62-28-41-39-16-10-8-14-37(39)38-15-9-11-17-40(38)41/h8-11,14-17,19-23,25,31-33,36,41-43,46,56-57H,12-13,18,24,26-30H2,1-7H3,(H,52,60)/b51-48+/t36-,42-,43?,46+/m0/s1. The highest BCUT2D eigenvalue weighted by Crippen LogP contribution is 2.45. The number of benzene rings is 3. The summed E-state index contributed by atoms with van der Waals surface area (Å²) in [5.41, 5.74) is 5.94. The molecule has 4 aromatic rings. The molecule has 1 aliphatic heterocycles. The smallest absolute Gasteiger partial charge is 0.407 e. The maximum atomic E-state index is 13.7. The molecule has 356 valence electrons. The van der Waals surface area contributed by atoms with Crippen molar-refractivity contribution in [2.75, 3.05) is 45.3 Å². The van der Waals surface area contributed by atoms with E-state index in [9.17, 15) is 24.6 Å². The van der Waals surface area contributed by atoms with Crippen molar-refractivity contribution < 1.29 is 48.0 Å². The molecule has 1 aliphatic carbocycles. The van der Waals surface area contributed by atoms with E-state index in [1.807, 2.05) is 36.4 Å². The number of fused-ring (bicyclic) bond motifs is 3. The summed E-state index contributed by atoms with van der Waals surface area (Å²) in [5, 5.41) is 23.4. The summed E-state index contributed by atoms with van der Waals surface area (Å²) in [6.07, 6.45) is 0.663. The molecule has 0 radical (unpaired) electrons. The second-order valence-corrected chi connectivity index (χ2v) is 24.0. The van der Waals surface area contributed by atoms with Gasteiger partial charge in [-0.3, -0.25) is 19.3 Å². The fourth-order valence-electron chi connectivity index (χ4n) is 9.63. The number of aliphatic hydroxyl groups excluding tert-OH is 2. The molecule has 17 heteroatoms. The minimum atomic E-state index is -2.27. The number of ether oxygens (including phenoxy) is 4. The number of carbonyl (C=O) groups excluding carboxylic acids is 3. The Morgan fingerprint density at radius 1 is 0.924 bits per heavy atom. The fraction of sp³-hybridized carbons (Fsp3) is 0.490. The van der Waals surface area contributed by atoms with Gasteiger partial charge in [0.2, 0.25) is 13.9 Å². The molecule has 0 bridgehead atoms. The number of alkyl carbamates (subject to hydrolysis) is 1. The number of halogens is 1. The average molecular weight is 991 g/mol. The van der Waals surface area contributed by atoms with Gasteiger partial charge in [-0.15, -0.1) is 0 Å². The fourth-order valence-corrected chi connectivity index (χ4v) is 15.2. The van der Waals surface area contributed by atoms with Gasteiger partial charge in [0.05, 0.1) is 19.8 Å². The maximum absolute atomic E-state index is 13.7. The van der Waals surface area contributed by atoms with Crippen LogP contribution in [-0.4, -0.2) is 105 Å². The molecule has 66 heavy (non-hydrogen) atoms. The van der Waals surface area contributed by atoms with Gasteiger partial charge in [0, 0.05) is 35.1 Å². The molecule has 3 N–H and O–H groups in total. The molecule has 1 aromatic heterocycles. The van der Waals surface area contributed by atoms with Crippen molar-refractivity contribution in [2.45, 2.75) is 114 Å². The summed E-state index contributed by atoms with van der Waals surface area (Å²) in [5.74, 6) is -1.06. The number of amides is 2. The molecular formula is C49H64BrN5O10Si. The average Bonchev–Trinajstić information content (AvgIpc) is 3.87. The van der Waals surface area contributed by atoms with Crippen molar-refractivity contribution in [1.82, 2.24) is 14.9 Å². The van der Waals surface area contributed by atoms with E-state index in [0.717, 1.165) is 31.6 Å². The van der Waals surface area contributed by atoms with Crippen molar-refractivity contribution in [1.29, 1.82) is 0 Å². The van der Waals surface area contributed by atoms with Crippen LogP contribution in [0.15, 0.2) is 94.5 Å². The molecule has 15 nitrogen and oxygen atoms in total. The first kappa shape index (κ1) is 50.7. The van der Waals surface area contributed by atoms with E-state index in [1.165, 1.54) is 7.11 Å². The number of aliphatic hydroxyl groups is 2. The number of aromatic nitrogens is 2. The number of esters is 1. The van der Waals surface area contributed by atoms with E-state index in [0.29, 0.717) is 41.4 Å². The Hall–Kier alpha value is -4.75. The van der Waals surface area contributed by atoms with Gasteiger partial charge >= 0.3 is 12.1 Å². The number of carbonyl (C=O) groups is 3. The molecule has 1 fully saturated rings. The van der Waals surface area contributed by atoms with Gasteiger partial charge in [0.1, 0.15) is 38.1 Å². The predicted octanol–water partition coefficient (Wildman–Crippen LogP) is 8.21. The second-order valence-electron chi connectivity index (χ2n) is 17.6. The van der Waals surface area contributed by atoms with Gasteiger partial charge in [0.25, 0.3) is 5.91 Å². The highest BCUT2D eigenvalue weighted by atomic mass is 79.9. The largest absolute Gasteiger partial charge is 0.467 e. The van der Waals surface area contributed by atoms with Gasteiger partial charge < -0.3 is 38.9 Å². The molecular weight excluding hydrogens is 927 g/mol. The van der Waals surface area contributed by atoms with Crippen molar-refractivity contribution in [3.05, 3.63) is 112 Å². The molecule has 1 unspecified atom stereocenters. The molecule has 0 spiro atoms. The third-order valence-corrected chi connectivity index (χ3v) is 19.3. The van der Waals surface area contributed by atoms with E-state index in [1.54, 1.807) is 41.1 Å². The minimum absolute atomic E-state index is 0.0490. The van der Waals surface area contributed by atoms with Gasteiger partial charge in [-0.05, 0) is 88.5 Å². The lowest BCUT2D eigenvalue weighted by molar-refractivity contribution is -0.143. The summed E-state index contributed by atoms with van der Waals surface area (Å²) in [6.45, 7) is 12.7. The van der Waals surface area contributed by atoms with Crippen LogP contribution in [0, 0.1) is 0 Å². The Bertz CT molecular complexity index is 2280. The Kier molecular flexibility index (Phi) is 17.9. The number of hydrogen-bond donors (Lipinski definition) is 3. The summed E-state index contributed by atoms with van der Waals surface area (Å²) in [6, 6.07) is 23.5. The normalized spacial score (nSPS) is 17.8. The zero-order valence-corrected chi connectivity index (χ0v) is 41.5. The predicted molar refractivity (Wildman–Crippen MR) is 256 cm³/mol. The van der Waals surface area contributed by atoms with Gasteiger partial charge in [0.15, 0.2) is 6.23 Å². The SMILES string of the molecule is COC(=O)[C@H](CCCC/N=c1\nc(N(CO)C(=O)c2ccc(Br)cc2)ccn1[C@@H]1O[C@H](CO)CC1OCO[Si](C(C)C)(C(C)C)C(C)C)NC(=O)OCC1c2ccccc2-c2ccccc21. The molecule has 4 atom stereocenters. The second kappa shape index (κ2) is 23.3. The Morgan fingerprint density at radius 2 is 1.56 bits per heavy atom. The van der Waals surface area contributed by atoms with Crippen LogP contribution in [0.3, 0.4) is 0 Å². The van der Waals surface area contributed by atoms with E-state index in [2.05, 4.69) is 74.9 Å². The Labute approximate surface area is 396 Å². The van der Waals surface area contributed by atoms with Crippen LogP contribution < -0.4 is 15.8 Å². The molecule has 3 aromatic carbocycles. The number of hydrogen-bond acceptors (Lipinski definition) is 12. The third-order valence-electron chi connectivity index (χ3n) is 12.8. The number of unbranched alkanes of at least 4 members (excludes halogenated alkanes) is 1. The first-order valence-electron chi connectivity index (χ1n) is 22.7. The molecule has 2 amide bonds. The molecule has 2 aliphatic rings. The first-order valence-corrected chi connectivity index (χ1v) is 25.7. The van der Waals surface area contributed by atoms with Crippen molar-refractivity contribution in [3.63, 3.8) is 0 Å². The molecule has 2 heterocycles. The lowest BCUT2D eigenvalue weighted by Crippen LogP contribution is -2.48. The minimum Gasteiger partial charge on any atom is -0.467 e. The number of nitrogens with one attached hydrogen (secondary N) is 1. The zero-order valence-electron chi connectivity index (χ0n) is 38.9. The van der Waals surface area contributed by atoms with Crippen LogP contribution in [0.1, 0.15) is 101 Å². The summed E-state index contributed by atoms with van der Waals surface area (Å²) in [4.78, 5) is 50.5. The lowest BCUT2D eigenvalue weighted by Gasteiger charge is -2.42. The molecule has 1 saturated heterocycles. The number of methoxy groups -OCH3 is 1. The van der Waals surface area contributed by atoms with Crippen molar-refractivity contribution in [2.24, 2.45) is 4.99 Å². The molecule has 6 rings (SSSR count). The van der Waals surface area contributed by atoms with Crippen LogP contribution in [0.25, 0.3) is 11.1 Å². The van der Waals surface area contributed by atoms with Gasteiger partial charge in [-0.25, -0.2) is 9.59 Å². The summed E-state index contributed by atoms with van der Waals surface area (Å²) in [7, 11) is -0.996. The maximum Gasteiger partial charge on any atom is 0.407 e. The summed E-state index contributed by atoms with van der Waals surface area (Å²) < 4.78 is 32.8. The van der Waals surface area contributed by atoms with E-state index in [-0.39, 0.29) is 50.3 Å². The zero-order chi connectivity index (χ0) is 47.5. The summed E-state index contributed by atoms with van der Waals surface area (Å²) >= 11 is 3.40. The topological polar surface area (TPSA) is 183 Å². The van der Waals surface area contributed by atoms with Crippen molar-refractivity contribution >= 4 is 48.0 Å². The lowest BCUT2D eigenvalue weighted by atomic mass is 9.98. The van der Waals surface area contributed by atoms with Crippen LogP contribution in [-0.2, 0) is 28.2 Å². The monoisotopic (exact) mass is 989 g/mol. The van der Waals surface area contributed by atoms with Crippen LogP contribution in [0.4, 0.5) is 10.6 Å².